The number of hydrogen-bond acceptors (Lipinski definition) is 2. The molecular weight excluding hydrogens is 223 g/mol. The molecule has 0 bridgehead atoms. The molecule has 84 valence electrons. The third kappa shape index (κ3) is 1.90. The van der Waals surface area contributed by atoms with Crippen LogP contribution in [0.3, 0.4) is 0 Å². The maximum atomic E-state index is 12.5. The highest BCUT2D eigenvalue weighted by atomic mass is 32.1. The molecule has 0 aromatic carbocycles. The maximum absolute atomic E-state index is 12.5. The van der Waals surface area contributed by atoms with Crippen LogP contribution in [0.1, 0.15) is 28.3 Å². The molecule has 0 radical (unpaired) electrons. The summed E-state index contributed by atoms with van der Waals surface area (Å²) in [4.78, 5) is 2.51. The van der Waals surface area contributed by atoms with Gasteiger partial charge in [0.05, 0.1) is 0 Å². The molecule has 0 amide bonds. The first-order valence-electron chi connectivity index (χ1n) is 4.79. The molecule has 1 nitrogen and oxygen atoms in total. The zero-order valence-electron chi connectivity index (χ0n) is 8.56. The number of halogens is 3. The molecule has 2 rings (SSSR count). The van der Waals surface area contributed by atoms with Crippen molar-refractivity contribution in [3.8, 4) is 0 Å². The van der Waals surface area contributed by atoms with Crippen molar-refractivity contribution in [1.29, 1.82) is 0 Å². The summed E-state index contributed by atoms with van der Waals surface area (Å²) in [6, 6.07) is 1.40. The lowest BCUT2D eigenvalue weighted by Gasteiger charge is -2.29. The Labute approximate surface area is 90.5 Å². The predicted molar refractivity (Wildman–Crippen MR) is 54.1 cm³/mol. The van der Waals surface area contributed by atoms with Crippen molar-refractivity contribution in [3.63, 3.8) is 0 Å². The smallest absolute Gasteiger partial charge is 0.299 e. The van der Waals surface area contributed by atoms with Crippen LogP contribution < -0.4 is 0 Å². The second-order valence-corrected chi connectivity index (χ2v) is 5.03. The zero-order chi connectivity index (χ0) is 11.2. The average molecular weight is 235 g/mol. The van der Waals surface area contributed by atoms with Gasteiger partial charge in [-0.15, -0.1) is 11.3 Å². The van der Waals surface area contributed by atoms with E-state index in [0.29, 0.717) is 0 Å². The molecule has 0 saturated carbocycles. The number of alkyl halides is 3. The molecule has 1 unspecified atom stereocenters. The zero-order valence-corrected chi connectivity index (χ0v) is 9.37. The van der Waals surface area contributed by atoms with Gasteiger partial charge in [-0.25, -0.2) is 0 Å². The van der Waals surface area contributed by atoms with Crippen molar-refractivity contribution < 1.29 is 13.2 Å². The number of thiophene rings is 1. The fourth-order valence-electron chi connectivity index (χ4n) is 1.84. The molecule has 0 saturated heterocycles. The molecule has 5 heteroatoms. The number of fused-ring (bicyclic) bond motifs is 1. The van der Waals surface area contributed by atoms with E-state index in [0.717, 1.165) is 34.7 Å². The van der Waals surface area contributed by atoms with Crippen molar-refractivity contribution in [3.05, 3.63) is 21.4 Å². The Morgan fingerprint density at radius 1 is 1.47 bits per heavy atom. The minimum Gasteiger partial charge on any atom is -0.299 e. The molecule has 1 aromatic rings. The molecule has 0 spiro atoms. The maximum Gasteiger partial charge on any atom is 0.425 e. The van der Waals surface area contributed by atoms with Crippen LogP contribution in [0, 0.1) is 0 Å². The highest BCUT2D eigenvalue weighted by Gasteiger charge is 2.35. The first kappa shape index (κ1) is 11.0. The van der Waals surface area contributed by atoms with Gasteiger partial charge in [0, 0.05) is 17.5 Å². The van der Waals surface area contributed by atoms with E-state index < -0.39 is 11.1 Å². The van der Waals surface area contributed by atoms with Crippen LogP contribution >= 0.6 is 11.3 Å². The lowest BCUT2D eigenvalue weighted by Crippen LogP contribution is -2.29. The van der Waals surface area contributed by atoms with Gasteiger partial charge >= 0.3 is 6.18 Å². The quantitative estimate of drug-likeness (QED) is 0.666. The summed E-state index contributed by atoms with van der Waals surface area (Å²) in [5, 5.41) is 0. The normalized spacial score (nSPS) is 22.9. The summed E-state index contributed by atoms with van der Waals surface area (Å²) in [7, 11) is 1.94. The van der Waals surface area contributed by atoms with Gasteiger partial charge in [0.15, 0.2) is 0 Å². The fraction of sp³-hybridized carbons (Fsp3) is 0.600. The summed E-state index contributed by atoms with van der Waals surface area (Å²) >= 11 is 0.896. The minimum atomic E-state index is -4.19. The van der Waals surface area contributed by atoms with Crippen molar-refractivity contribution in [2.24, 2.45) is 0 Å². The highest BCUT2D eigenvalue weighted by molar-refractivity contribution is 7.12. The molecular formula is C10H12F3NS. The predicted octanol–water partition coefficient (Wildman–Crippen LogP) is 3.32. The third-order valence-electron chi connectivity index (χ3n) is 2.92. The molecule has 0 fully saturated rings. The first-order valence-corrected chi connectivity index (χ1v) is 5.61. The summed E-state index contributed by atoms with van der Waals surface area (Å²) in [5.41, 5.74) is 0.848. The molecule has 0 aliphatic carbocycles. The highest BCUT2D eigenvalue weighted by Crippen LogP contribution is 2.41. The topological polar surface area (TPSA) is 3.24 Å². The van der Waals surface area contributed by atoms with Crippen LogP contribution in [0.5, 0.6) is 0 Å². The molecule has 0 N–H and O–H groups in total. The van der Waals surface area contributed by atoms with Gasteiger partial charge in [-0.1, -0.05) is 0 Å². The van der Waals surface area contributed by atoms with E-state index in [1.54, 1.807) is 0 Å². The van der Waals surface area contributed by atoms with Crippen molar-refractivity contribution in [2.75, 3.05) is 13.6 Å². The van der Waals surface area contributed by atoms with Crippen LogP contribution in [0.4, 0.5) is 13.2 Å². The van der Waals surface area contributed by atoms with E-state index in [9.17, 15) is 13.2 Å². The van der Waals surface area contributed by atoms with Gasteiger partial charge in [-0.05, 0) is 32.0 Å². The van der Waals surface area contributed by atoms with Gasteiger partial charge in [0.1, 0.15) is 4.88 Å². The molecule has 1 atom stereocenters. The van der Waals surface area contributed by atoms with E-state index in [1.807, 2.05) is 14.0 Å². The van der Waals surface area contributed by atoms with Crippen LogP contribution in [-0.4, -0.2) is 18.5 Å². The number of rotatable bonds is 0. The fourth-order valence-corrected chi connectivity index (χ4v) is 2.95. The van der Waals surface area contributed by atoms with Crippen molar-refractivity contribution in [1.82, 2.24) is 4.90 Å². The Balaban J connectivity index is 2.40. The molecule has 15 heavy (non-hydrogen) atoms. The number of nitrogens with zero attached hydrogens (tertiary/aromatic N) is 1. The summed E-state index contributed by atoms with van der Waals surface area (Å²) in [6.45, 7) is 2.79. The van der Waals surface area contributed by atoms with Crippen LogP contribution in [0.2, 0.25) is 0 Å². The van der Waals surface area contributed by atoms with E-state index in [1.165, 1.54) is 6.07 Å². The van der Waals surface area contributed by atoms with E-state index >= 15 is 0 Å². The Kier molecular flexibility index (Phi) is 2.55. The van der Waals surface area contributed by atoms with Crippen LogP contribution in [0.25, 0.3) is 0 Å². The van der Waals surface area contributed by atoms with Gasteiger partial charge in [0.25, 0.3) is 0 Å². The Bertz CT molecular complexity index is 369. The van der Waals surface area contributed by atoms with Gasteiger partial charge in [-0.3, -0.25) is 4.90 Å². The van der Waals surface area contributed by atoms with E-state index in [-0.39, 0.29) is 6.04 Å². The largest absolute Gasteiger partial charge is 0.425 e. The summed E-state index contributed by atoms with van der Waals surface area (Å²) in [6.07, 6.45) is -3.46. The molecule has 1 aliphatic rings. The Morgan fingerprint density at radius 3 is 2.73 bits per heavy atom. The molecule has 2 heterocycles. The first-order chi connectivity index (χ1) is 6.89. The Hall–Kier alpha value is -0.550. The van der Waals surface area contributed by atoms with Crippen molar-refractivity contribution >= 4 is 11.3 Å². The van der Waals surface area contributed by atoms with Gasteiger partial charge in [-0.2, -0.15) is 13.2 Å². The second-order valence-electron chi connectivity index (χ2n) is 3.89. The minimum absolute atomic E-state index is 0.0982. The average Bonchev–Trinajstić information content (AvgIpc) is 2.55. The lowest BCUT2D eigenvalue weighted by atomic mass is 10.0. The van der Waals surface area contributed by atoms with E-state index in [2.05, 4.69) is 4.90 Å². The second kappa shape index (κ2) is 3.49. The number of likely N-dealkylation sites (N-methyl/N-ethyl adjacent to an activating group) is 1. The molecule has 1 aliphatic heterocycles. The summed E-state index contributed by atoms with van der Waals surface area (Å²) < 4.78 is 37.5. The van der Waals surface area contributed by atoms with Crippen molar-refractivity contribution in [2.45, 2.75) is 25.6 Å². The SMILES string of the molecule is CC1c2cc(C(F)(F)F)sc2CCN1C. The molecule has 1 aromatic heterocycles. The lowest BCUT2D eigenvalue weighted by molar-refractivity contribution is -0.134. The Morgan fingerprint density at radius 2 is 2.13 bits per heavy atom. The van der Waals surface area contributed by atoms with Gasteiger partial charge in [0.2, 0.25) is 0 Å². The standard InChI is InChI=1S/C10H12F3NS/c1-6-7-5-9(10(11,12)13)15-8(7)3-4-14(6)2/h5-6H,3-4H2,1-2H3. The monoisotopic (exact) mass is 235 g/mol. The van der Waals surface area contributed by atoms with E-state index in [4.69, 9.17) is 0 Å². The number of hydrogen-bond donors (Lipinski definition) is 0. The summed E-state index contributed by atoms with van der Waals surface area (Å²) in [5.74, 6) is 0. The van der Waals surface area contributed by atoms with Crippen LogP contribution in [-0.2, 0) is 12.6 Å². The van der Waals surface area contributed by atoms with Crippen LogP contribution in [0.15, 0.2) is 6.07 Å². The van der Waals surface area contributed by atoms with Gasteiger partial charge < -0.3 is 0 Å². The third-order valence-corrected chi connectivity index (χ3v) is 4.18.